The molecule has 0 aromatic carbocycles. The number of nitrogens with zero attached hydrogens (tertiary/aromatic N) is 2. The van der Waals surface area contributed by atoms with E-state index in [1.807, 2.05) is 0 Å². The minimum Gasteiger partial charge on any atom is -0.489 e. The number of aromatic nitrogens is 2. The number of hydrogen-bond donors (Lipinski definition) is 1. The lowest BCUT2D eigenvalue weighted by atomic mass is 10.2. The zero-order valence-corrected chi connectivity index (χ0v) is 7.73. The van der Waals surface area contributed by atoms with E-state index < -0.39 is 0 Å². The highest BCUT2D eigenvalue weighted by Crippen LogP contribution is 2.08. The topological polar surface area (TPSA) is 70.1 Å². The standard InChI is InChI=1S/C8H13N3O2/c1-6(8(9)12)5-13-7-3-10-11(2)4-7/h3-4,6H,5H2,1-2H3,(H2,9,12). The van der Waals surface area contributed by atoms with Crippen molar-refractivity contribution in [2.24, 2.45) is 18.7 Å². The molecule has 0 aliphatic heterocycles. The number of nitrogens with two attached hydrogens (primary N) is 1. The van der Waals surface area contributed by atoms with E-state index in [0.717, 1.165) is 0 Å². The van der Waals surface area contributed by atoms with Crippen LogP contribution in [0.4, 0.5) is 0 Å². The van der Waals surface area contributed by atoms with E-state index in [1.54, 1.807) is 31.0 Å². The minimum atomic E-state index is -0.358. The number of ether oxygens (including phenoxy) is 1. The molecule has 0 bridgehead atoms. The third kappa shape index (κ3) is 2.77. The first-order valence-electron chi connectivity index (χ1n) is 4.00. The first kappa shape index (κ1) is 9.57. The normalized spacial score (nSPS) is 12.5. The molecule has 0 saturated carbocycles. The lowest BCUT2D eigenvalue weighted by Gasteiger charge is -2.07. The van der Waals surface area contributed by atoms with Gasteiger partial charge in [-0.2, -0.15) is 5.10 Å². The summed E-state index contributed by atoms with van der Waals surface area (Å²) < 4.78 is 6.89. The van der Waals surface area contributed by atoms with Gasteiger partial charge in [0.15, 0.2) is 5.75 Å². The van der Waals surface area contributed by atoms with Gasteiger partial charge < -0.3 is 10.5 Å². The van der Waals surface area contributed by atoms with Gasteiger partial charge >= 0.3 is 0 Å². The maximum absolute atomic E-state index is 10.6. The minimum absolute atomic E-state index is 0.278. The molecule has 2 N–H and O–H groups in total. The predicted octanol–water partition coefficient (Wildman–Crippen LogP) is -0.0797. The van der Waals surface area contributed by atoms with E-state index in [2.05, 4.69) is 5.10 Å². The molecule has 13 heavy (non-hydrogen) atoms. The van der Waals surface area contributed by atoms with Crippen LogP contribution in [0.15, 0.2) is 12.4 Å². The molecule has 1 amide bonds. The van der Waals surface area contributed by atoms with Crippen molar-refractivity contribution in [1.29, 1.82) is 0 Å². The van der Waals surface area contributed by atoms with Crippen LogP contribution in [0.3, 0.4) is 0 Å². The van der Waals surface area contributed by atoms with Gasteiger partial charge in [0, 0.05) is 7.05 Å². The van der Waals surface area contributed by atoms with Crippen molar-refractivity contribution in [1.82, 2.24) is 9.78 Å². The number of primary amides is 1. The molecule has 5 nitrogen and oxygen atoms in total. The number of carbonyl (C=O) groups excluding carboxylic acids is 1. The van der Waals surface area contributed by atoms with Gasteiger partial charge in [-0.15, -0.1) is 0 Å². The fraction of sp³-hybridized carbons (Fsp3) is 0.500. The Balaban J connectivity index is 2.39. The van der Waals surface area contributed by atoms with Crippen LogP contribution in [-0.2, 0) is 11.8 Å². The van der Waals surface area contributed by atoms with Crippen LogP contribution < -0.4 is 10.5 Å². The lowest BCUT2D eigenvalue weighted by molar-refractivity contribution is -0.122. The molecule has 0 radical (unpaired) electrons. The van der Waals surface area contributed by atoms with Crippen molar-refractivity contribution >= 4 is 5.91 Å². The molecule has 1 unspecified atom stereocenters. The Kier molecular flexibility index (Phi) is 2.89. The zero-order valence-electron chi connectivity index (χ0n) is 7.73. The molecule has 1 heterocycles. The Labute approximate surface area is 76.5 Å². The first-order chi connectivity index (χ1) is 6.09. The van der Waals surface area contributed by atoms with Gasteiger partial charge in [-0.3, -0.25) is 9.48 Å². The van der Waals surface area contributed by atoms with Crippen LogP contribution in [0.2, 0.25) is 0 Å². The van der Waals surface area contributed by atoms with Crippen molar-refractivity contribution in [3.63, 3.8) is 0 Å². The summed E-state index contributed by atoms with van der Waals surface area (Å²) in [7, 11) is 1.80. The van der Waals surface area contributed by atoms with Crippen LogP contribution in [0.5, 0.6) is 5.75 Å². The number of amides is 1. The fourth-order valence-electron chi connectivity index (χ4n) is 0.777. The molecule has 0 saturated heterocycles. The number of rotatable bonds is 4. The molecule has 0 aliphatic carbocycles. The monoisotopic (exact) mass is 183 g/mol. The quantitative estimate of drug-likeness (QED) is 0.709. The Bertz CT molecular complexity index is 295. The van der Waals surface area contributed by atoms with Crippen molar-refractivity contribution in [2.75, 3.05) is 6.61 Å². The van der Waals surface area contributed by atoms with E-state index in [-0.39, 0.29) is 11.8 Å². The van der Waals surface area contributed by atoms with Gasteiger partial charge in [0.1, 0.15) is 0 Å². The summed E-state index contributed by atoms with van der Waals surface area (Å²) in [6.45, 7) is 2.01. The molecule has 72 valence electrons. The number of aryl methyl sites for hydroxylation is 1. The van der Waals surface area contributed by atoms with E-state index in [9.17, 15) is 4.79 Å². The molecule has 0 spiro atoms. The SMILES string of the molecule is CC(COc1cnn(C)c1)C(N)=O. The van der Waals surface area contributed by atoms with Gasteiger partial charge in [0.25, 0.3) is 0 Å². The summed E-state index contributed by atoms with van der Waals surface area (Å²) in [6.07, 6.45) is 3.32. The van der Waals surface area contributed by atoms with Crippen molar-refractivity contribution in [3.05, 3.63) is 12.4 Å². The maximum atomic E-state index is 10.6. The summed E-state index contributed by atoms with van der Waals surface area (Å²) >= 11 is 0. The van der Waals surface area contributed by atoms with E-state index in [0.29, 0.717) is 12.4 Å². The number of hydrogen-bond acceptors (Lipinski definition) is 3. The van der Waals surface area contributed by atoms with Gasteiger partial charge in [0.05, 0.1) is 24.9 Å². The first-order valence-corrected chi connectivity index (χ1v) is 4.00. The molecular formula is C8H13N3O2. The molecule has 1 aromatic heterocycles. The van der Waals surface area contributed by atoms with Crippen LogP contribution in [0.1, 0.15) is 6.92 Å². The van der Waals surface area contributed by atoms with Crippen LogP contribution in [0.25, 0.3) is 0 Å². The molecule has 1 rings (SSSR count). The third-order valence-electron chi connectivity index (χ3n) is 1.67. The van der Waals surface area contributed by atoms with E-state index in [4.69, 9.17) is 10.5 Å². The molecule has 1 aromatic rings. The Hall–Kier alpha value is -1.52. The predicted molar refractivity (Wildman–Crippen MR) is 47.1 cm³/mol. The highest BCUT2D eigenvalue weighted by atomic mass is 16.5. The summed E-state index contributed by atoms with van der Waals surface area (Å²) in [6, 6.07) is 0. The lowest BCUT2D eigenvalue weighted by Crippen LogP contribution is -2.25. The Morgan fingerprint density at radius 1 is 1.85 bits per heavy atom. The van der Waals surface area contributed by atoms with Crippen LogP contribution in [0, 0.1) is 5.92 Å². The van der Waals surface area contributed by atoms with E-state index >= 15 is 0 Å². The molecule has 5 heteroatoms. The average Bonchev–Trinajstić information content (AvgIpc) is 2.47. The van der Waals surface area contributed by atoms with Crippen molar-refractivity contribution in [3.8, 4) is 5.75 Å². The Morgan fingerprint density at radius 3 is 3.00 bits per heavy atom. The van der Waals surface area contributed by atoms with Crippen molar-refractivity contribution in [2.45, 2.75) is 6.92 Å². The summed E-state index contributed by atoms with van der Waals surface area (Å²) in [4.78, 5) is 10.6. The Morgan fingerprint density at radius 2 is 2.54 bits per heavy atom. The second kappa shape index (κ2) is 3.93. The molecule has 0 fully saturated rings. The highest BCUT2D eigenvalue weighted by molar-refractivity contribution is 5.76. The highest BCUT2D eigenvalue weighted by Gasteiger charge is 2.09. The van der Waals surface area contributed by atoms with E-state index in [1.165, 1.54) is 0 Å². The summed E-state index contributed by atoms with van der Waals surface area (Å²) in [5, 5.41) is 3.91. The summed E-state index contributed by atoms with van der Waals surface area (Å²) in [5.74, 6) is 0.0136. The molecular weight excluding hydrogens is 170 g/mol. The number of carbonyl (C=O) groups is 1. The molecule has 0 aliphatic rings. The summed E-state index contributed by atoms with van der Waals surface area (Å²) in [5.41, 5.74) is 5.07. The van der Waals surface area contributed by atoms with Gasteiger partial charge in [-0.25, -0.2) is 0 Å². The van der Waals surface area contributed by atoms with Crippen LogP contribution >= 0.6 is 0 Å². The average molecular weight is 183 g/mol. The van der Waals surface area contributed by atoms with Crippen LogP contribution in [-0.4, -0.2) is 22.3 Å². The molecule has 1 atom stereocenters. The fourth-order valence-corrected chi connectivity index (χ4v) is 0.777. The third-order valence-corrected chi connectivity index (χ3v) is 1.67. The maximum Gasteiger partial charge on any atom is 0.223 e. The van der Waals surface area contributed by atoms with Gasteiger partial charge in [0.2, 0.25) is 5.91 Å². The zero-order chi connectivity index (χ0) is 9.84. The van der Waals surface area contributed by atoms with Gasteiger partial charge in [-0.05, 0) is 0 Å². The second-order valence-electron chi connectivity index (χ2n) is 2.96. The van der Waals surface area contributed by atoms with Gasteiger partial charge in [-0.1, -0.05) is 6.92 Å². The largest absolute Gasteiger partial charge is 0.489 e. The second-order valence-corrected chi connectivity index (χ2v) is 2.96. The smallest absolute Gasteiger partial charge is 0.223 e. The van der Waals surface area contributed by atoms with Crippen molar-refractivity contribution < 1.29 is 9.53 Å².